The third kappa shape index (κ3) is 4.60. The van der Waals surface area contributed by atoms with Crippen molar-refractivity contribution in [3.63, 3.8) is 0 Å². The number of thiophene rings is 1. The van der Waals surface area contributed by atoms with Gasteiger partial charge in [0.2, 0.25) is 5.60 Å². The third-order valence-corrected chi connectivity index (χ3v) is 5.74. The van der Waals surface area contributed by atoms with Crippen molar-refractivity contribution in [2.45, 2.75) is 25.6 Å². The van der Waals surface area contributed by atoms with E-state index in [2.05, 4.69) is 15.0 Å². The average Bonchev–Trinajstić information content (AvgIpc) is 3.26. The van der Waals surface area contributed by atoms with Crippen LogP contribution in [0.15, 0.2) is 35.7 Å². The van der Waals surface area contributed by atoms with Gasteiger partial charge in [0, 0.05) is 0 Å². The van der Waals surface area contributed by atoms with E-state index < -0.39 is 29.7 Å². The highest BCUT2D eigenvalue weighted by atomic mass is 32.1. The first kappa shape index (κ1) is 21.7. The molecule has 1 aromatic carbocycles. The first-order valence-electron chi connectivity index (χ1n) is 8.33. The first-order valence-corrected chi connectivity index (χ1v) is 10.0. The van der Waals surface area contributed by atoms with Crippen LogP contribution in [-0.4, -0.2) is 34.7 Å². The summed E-state index contributed by atoms with van der Waals surface area (Å²) in [4.78, 5) is 40.7. The number of hydrogen-bond donors (Lipinski definition) is 2. The molecule has 0 aliphatic heterocycles. The van der Waals surface area contributed by atoms with Crippen LogP contribution < -0.4 is 10.6 Å². The highest BCUT2D eigenvalue weighted by Crippen LogP contribution is 2.33. The Hall–Kier alpha value is -2.99. The van der Waals surface area contributed by atoms with Crippen LogP contribution in [0.2, 0.25) is 0 Å². The molecule has 3 amide bonds. The molecule has 0 unspecified atom stereocenters. The normalized spacial score (nSPS) is 11.9. The zero-order valence-corrected chi connectivity index (χ0v) is 17.1. The van der Waals surface area contributed by atoms with Crippen LogP contribution in [-0.2, 0) is 4.74 Å². The predicted octanol–water partition coefficient (Wildman–Crippen LogP) is 4.82. The van der Waals surface area contributed by atoms with Gasteiger partial charge in [-0.1, -0.05) is 12.1 Å². The van der Waals surface area contributed by atoms with Gasteiger partial charge in [-0.2, -0.15) is 13.2 Å². The van der Waals surface area contributed by atoms with Crippen LogP contribution in [0.1, 0.15) is 34.0 Å². The molecular weight excluding hydrogens is 443 g/mol. The van der Waals surface area contributed by atoms with E-state index in [1.54, 1.807) is 17.4 Å². The summed E-state index contributed by atoms with van der Waals surface area (Å²) in [5.41, 5.74) is -2.24. The monoisotopic (exact) mass is 457 g/mol. The zero-order chi connectivity index (χ0) is 22.1. The molecule has 0 radical (unpaired) electrons. The number of alkyl carbamates (subject to hydrolysis) is 1. The number of benzene rings is 1. The molecule has 0 spiro atoms. The van der Waals surface area contributed by atoms with E-state index in [1.165, 1.54) is 11.4 Å². The molecule has 0 aliphatic rings. The van der Waals surface area contributed by atoms with Crippen molar-refractivity contribution in [3.05, 3.63) is 46.3 Å². The number of imide groups is 1. The molecule has 2 N–H and O–H groups in total. The van der Waals surface area contributed by atoms with Gasteiger partial charge < -0.3 is 10.1 Å². The number of carbonyl (C=O) groups is 3. The molecule has 0 saturated carbocycles. The number of alkyl halides is 3. The third-order valence-electron chi connectivity index (χ3n) is 3.87. The molecule has 158 valence electrons. The molecule has 12 heteroatoms. The highest BCUT2D eigenvalue weighted by Gasteiger charge is 2.51. The van der Waals surface area contributed by atoms with Gasteiger partial charge in [0.15, 0.2) is 5.01 Å². The maximum Gasteiger partial charge on any atom is 0.427 e. The molecule has 0 atom stereocenters. The summed E-state index contributed by atoms with van der Waals surface area (Å²) >= 11 is 2.17. The van der Waals surface area contributed by atoms with Gasteiger partial charge in [0.05, 0.1) is 15.8 Å². The van der Waals surface area contributed by atoms with Crippen LogP contribution in [0.5, 0.6) is 0 Å². The van der Waals surface area contributed by atoms with E-state index in [-0.39, 0.29) is 15.6 Å². The lowest BCUT2D eigenvalue weighted by atomic mass is 10.1. The van der Waals surface area contributed by atoms with Crippen molar-refractivity contribution < 1.29 is 32.3 Å². The molecule has 30 heavy (non-hydrogen) atoms. The number of rotatable bonds is 4. The van der Waals surface area contributed by atoms with Gasteiger partial charge in [-0.25, -0.2) is 9.78 Å². The second-order valence-corrected chi connectivity index (χ2v) is 8.40. The lowest BCUT2D eigenvalue weighted by molar-refractivity contribution is -0.243. The number of aromatic nitrogens is 1. The van der Waals surface area contributed by atoms with E-state index in [4.69, 9.17) is 0 Å². The molecule has 3 rings (SSSR count). The number of nitrogens with one attached hydrogen (secondary N) is 2. The second kappa shape index (κ2) is 8.03. The second-order valence-electron chi connectivity index (χ2n) is 6.46. The van der Waals surface area contributed by atoms with E-state index in [0.29, 0.717) is 19.4 Å². The van der Waals surface area contributed by atoms with E-state index in [0.717, 1.165) is 27.4 Å². The van der Waals surface area contributed by atoms with E-state index >= 15 is 0 Å². The lowest BCUT2D eigenvalue weighted by Gasteiger charge is -2.27. The van der Waals surface area contributed by atoms with Crippen molar-refractivity contribution in [1.82, 2.24) is 10.3 Å². The summed E-state index contributed by atoms with van der Waals surface area (Å²) < 4.78 is 43.5. The fourth-order valence-corrected chi connectivity index (χ4v) is 3.83. The Labute approximate surface area is 175 Å². The number of para-hydroxylation sites is 1. The van der Waals surface area contributed by atoms with Crippen LogP contribution in [0.4, 0.5) is 23.0 Å². The number of amides is 3. The molecule has 2 heterocycles. The molecular formula is C18H14F3N3O4S2. The number of anilines is 1. The van der Waals surface area contributed by atoms with Crippen molar-refractivity contribution in [2.24, 2.45) is 0 Å². The molecule has 0 saturated heterocycles. The van der Waals surface area contributed by atoms with E-state index in [1.807, 2.05) is 12.1 Å². The first-order chi connectivity index (χ1) is 14.0. The van der Waals surface area contributed by atoms with Crippen molar-refractivity contribution in [3.8, 4) is 0 Å². The largest absolute Gasteiger partial charge is 0.434 e. The minimum atomic E-state index is -4.81. The average molecular weight is 457 g/mol. The molecule has 0 fully saturated rings. The maximum absolute atomic E-state index is 12.8. The van der Waals surface area contributed by atoms with Crippen molar-refractivity contribution in [1.29, 1.82) is 0 Å². The van der Waals surface area contributed by atoms with Crippen molar-refractivity contribution in [2.75, 3.05) is 5.32 Å². The standard InChI is InChI=1S/C18H14F3N3O4S2/c1-17(2,18(19,20)21)28-16(27)24-12(25)9-7-8-29-14(9)23-13(26)15-22-10-5-3-4-6-11(10)30-15/h3-8H,1-2H3,(H,23,26)(H,24,25,27). The lowest BCUT2D eigenvalue weighted by Crippen LogP contribution is -2.46. The SMILES string of the molecule is CC(C)(OC(=O)NC(=O)c1ccsc1NC(=O)c1nc2ccccc2s1)C(F)(F)F. The predicted molar refractivity (Wildman–Crippen MR) is 106 cm³/mol. The van der Waals surface area contributed by atoms with Crippen LogP contribution in [0.3, 0.4) is 0 Å². The summed E-state index contributed by atoms with van der Waals surface area (Å²) in [5.74, 6) is -1.58. The molecule has 3 aromatic rings. The minimum absolute atomic E-state index is 0.101. The fourth-order valence-electron chi connectivity index (χ4n) is 2.19. The summed E-state index contributed by atoms with van der Waals surface area (Å²) in [5, 5.41) is 6.02. The molecule has 0 aliphatic carbocycles. The molecule has 7 nitrogen and oxygen atoms in total. The quantitative estimate of drug-likeness (QED) is 0.586. The number of carbonyl (C=O) groups excluding carboxylic acids is 3. The number of nitrogens with zero attached hydrogens (tertiary/aromatic N) is 1. The Morgan fingerprint density at radius 1 is 1.07 bits per heavy atom. The van der Waals surface area contributed by atoms with Crippen molar-refractivity contribution >= 4 is 55.8 Å². The van der Waals surface area contributed by atoms with Gasteiger partial charge in [0.25, 0.3) is 11.8 Å². The topological polar surface area (TPSA) is 97.4 Å². The highest BCUT2D eigenvalue weighted by molar-refractivity contribution is 7.20. The number of fused-ring (bicyclic) bond motifs is 1. The maximum atomic E-state index is 12.8. The number of hydrogen-bond acceptors (Lipinski definition) is 7. The Balaban J connectivity index is 1.69. The zero-order valence-electron chi connectivity index (χ0n) is 15.5. The van der Waals surface area contributed by atoms with Gasteiger partial charge in [-0.05, 0) is 37.4 Å². The van der Waals surface area contributed by atoms with Crippen LogP contribution in [0, 0.1) is 0 Å². The fraction of sp³-hybridized carbons (Fsp3) is 0.222. The Bertz CT molecular complexity index is 1090. The van der Waals surface area contributed by atoms with Gasteiger partial charge in [0.1, 0.15) is 5.00 Å². The molecule has 2 aromatic heterocycles. The van der Waals surface area contributed by atoms with E-state index in [9.17, 15) is 27.6 Å². The number of ether oxygens (including phenoxy) is 1. The van der Waals surface area contributed by atoms with Gasteiger partial charge in [-0.3, -0.25) is 14.9 Å². The summed E-state index contributed by atoms with van der Waals surface area (Å²) in [6.07, 6.45) is -6.37. The number of halogens is 3. The van der Waals surface area contributed by atoms with Crippen LogP contribution >= 0.6 is 22.7 Å². The Morgan fingerprint density at radius 3 is 2.43 bits per heavy atom. The number of thiazole rings is 1. The van der Waals surface area contributed by atoms with Gasteiger partial charge in [-0.15, -0.1) is 22.7 Å². The summed E-state index contributed by atoms with van der Waals surface area (Å²) in [6, 6.07) is 8.46. The van der Waals surface area contributed by atoms with Gasteiger partial charge >= 0.3 is 12.3 Å². The molecule has 0 bridgehead atoms. The van der Waals surface area contributed by atoms with Crippen LogP contribution in [0.25, 0.3) is 10.2 Å². The summed E-state index contributed by atoms with van der Waals surface area (Å²) in [7, 11) is 0. The Kier molecular flexibility index (Phi) is 5.81. The summed E-state index contributed by atoms with van der Waals surface area (Å²) in [6.45, 7) is 1.32. The smallest absolute Gasteiger partial charge is 0.427 e. The minimum Gasteiger partial charge on any atom is -0.434 e. The Morgan fingerprint density at radius 2 is 1.77 bits per heavy atom.